The predicted molar refractivity (Wildman–Crippen MR) is 285 cm³/mol. The molecule has 0 bridgehead atoms. The molecular formula is C47H35Cl3F6N8O9S5. The monoisotopic (exact) mass is 1230 g/mol. The first-order chi connectivity index (χ1) is 37.2. The molecule has 0 fully saturated rings. The highest BCUT2D eigenvalue weighted by molar-refractivity contribution is 7.98. The van der Waals surface area contributed by atoms with E-state index in [0.717, 1.165) is 11.3 Å². The van der Waals surface area contributed by atoms with Gasteiger partial charge in [0.25, 0.3) is 0 Å². The number of alkyl halides is 6. The quantitative estimate of drug-likeness (QED) is 0.0204. The maximum Gasteiger partial charge on any atom is 0.387 e. The van der Waals surface area contributed by atoms with Crippen LogP contribution < -0.4 is 14.2 Å². The van der Waals surface area contributed by atoms with Crippen LogP contribution in [0.5, 0.6) is 17.2 Å². The number of aromatic nitrogens is 8. The van der Waals surface area contributed by atoms with Gasteiger partial charge in [-0.2, -0.15) is 26.3 Å². The van der Waals surface area contributed by atoms with Gasteiger partial charge in [0.05, 0.1) is 62.2 Å². The third-order valence-corrected chi connectivity index (χ3v) is 13.2. The van der Waals surface area contributed by atoms with Crippen molar-refractivity contribution in [2.75, 3.05) is 25.9 Å². The number of aliphatic hydroxyl groups is 1. The van der Waals surface area contributed by atoms with Crippen LogP contribution >= 0.6 is 93.6 Å². The van der Waals surface area contributed by atoms with E-state index < -0.39 is 43.7 Å². The molecule has 0 aliphatic carbocycles. The van der Waals surface area contributed by atoms with Crippen LogP contribution in [-0.4, -0.2) is 114 Å². The fourth-order valence-electron chi connectivity index (χ4n) is 6.17. The van der Waals surface area contributed by atoms with Crippen molar-refractivity contribution < 1.29 is 69.9 Å². The second-order valence-electron chi connectivity index (χ2n) is 14.1. The number of ketones is 1. The Morgan fingerprint density at radius 3 is 1.78 bits per heavy atom. The number of benzene rings is 3. The molecule has 1 unspecified atom stereocenters. The lowest BCUT2D eigenvalue weighted by molar-refractivity contribution is -0.0517. The lowest BCUT2D eigenvalue weighted by Crippen LogP contribution is -2.11. The number of thioether (sulfide) groups is 3. The Labute approximate surface area is 474 Å². The number of halogens is 9. The van der Waals surface area contributed by atoms with Crippen molar-refractivity contribution in [2.24, 2.45) is 0 Å². The Bertz CT molecular complexity index is 3450. The Balaban J connectivity index is 0.000000198. The topological polar surface area (TPSA) is 235 Å². The number of thiophene rings is 1. The van der Waals surface area contributed by atoms with Crippen LogP contribution in [0.1, 0.15) is 53.6 Å². The number of methoxy groups -OCH3 is 1. The largest absolute Gasteiger partial charge is 0.477 e. The van der Waals surface area contributed by atoms with E-state index in [1.807, 2.05) is 6.26 Å². The van der Waals surface area contributed by atoms with Crippen LogP contribution in [-0.2, 0) is 4.74 Å². The molecule has 8 rings (SSSR count). The lowest BCUT2D eigenvalue weighted by atomic mass is 10.0. The van der Waals surface area contributed by atoms with Crippen LogP contribution in [0.2, 0.25) is 15.1 Å². The Hall–Kier alpha value is -6.37. The van der Waals surface area contributed by atoms with Gasteiger partial charge in [-0.25, -0.2) is 44.5 Å². The number of fused-ring (bicyclic) bond motifs is 1. The van der Waals surface area contributed by atoms with Gasteiger partial charge in [-0.05, 0) is 55.3 Å². The average molecular weight is 1240 g/mol. The van der Waals surface area contributed by atoms with E-state index in [9.17, 15) is 45.8 Å². The number of carbonyl (C=O) groups is 3. The average Bonchev–Trinajstić information content (AvgIpc) is 3.81. The normalized spacial score (nSPS) is 11.1. The van der Waals surface area contributed by atoms with Gasteiger partial charge >= 0.3 is 31.8 Å². The second-order valence-corrected chi connectivity index (χ2v) is 19.1. The van der Waals surface area contributed by atoms with Gasteiger partial charge in [-0.3, -0.25) is 4.79 Å². The van der Waals surface area contributed by atoms with Crippen molar-refractivity contribution in [1.82, 2.24) is 39.9 Å². The van der Waals surface area contributed by atoms with Gasteiger partial charge in [0, 0.05) is 22.9 Å². The fourth-order valence-corrected chi connectivity index (χ4v) is 8.94. The zero-order valence-corrected chi connectivity index (χ0v) is 46.2. The number of aromatic amines is 1. The van der Waals surface area contributed by atoms with Gasteiger partial charge in [0.15, 0.2) is 20.2 Å². The van der Waals surface area contributed by atoms with Gasteiger partial charge in [0.1, 0.15) is 39.6 Å². The maximum absolute atomic E-state index is 12.8. The Kier molecular flexibility index (Phi) is 24.1. The molecule has 5 heterocycles. The van der Waals surface area contributed by atoms with Crippen molar-refractivity contribution in [1.29, 1.82) is 0 Å². The summed E-state index contributed by atoms with van der Waals surface area (Å²) in [6, 6.07) is 17.9. The molecule has 0 saturated carbocycles. The summed E-state index contributed by atoms with van der Waals surface area (Å²) < 4.78 is 94.0. The van der Waals surface area contributed by atoms with E-state index in [0.29, 0.717) is 36.8 Å². The summed E-state index contributed by atoms with van der Waals surface area (Å²) in [5.41, 5.74) is 1.32. The summed E-state index contributed by atoms with van der Waals surface area (Å²) >= 11 is 26.9. The number of hydrogen-bond donors (Lipinski definition) is 3. The number of para-hydroxylation sites is 3. The zero-order valence-electron chi connectivity index (χ0n) is 39.9. The first-order valence-corrected chi connectivity index (χ1v) is 27.1. The summed E-state index contributed by atoms with van der Waals surface area (Å²) in [4.78, 5) is 65.9. The van der Waals surface area contributed by atoms with E-state index in [2.05, 4.69) is 66.3 Å². The first kappa shape index (κ1) is 62.5. The van der Waals surface area contributed by atoms with Gasteiger partial charge in [-0.1, -0.05) is 119 Å². The molecular weight excluding hydrogens is 1200 g/mol. The molecule has 78 heavy (non-hydrogen) atoms. The molecule has 31 heteroatoms. The number of carbonyl (C=O) groups excluding carboxylic acids is 2. The van der Waals surface area contributed by atoms with Crippen molar-refractivity contribution >= 4 is 122 Å². The lowest BCUT2D eigenvalue weighted by Gasteiger charge is -2.16. The highest BCUT2D eigenvalue weighted by Crippen LogP contribution is 2.43. The molecule has 0 aliphatic rings. The van der Waals surface area contributed by atoms with Crippen LogP contribution in [0.15, 0.2) is 113 Å². The molecule has 3 aromatic carbocycles. The number of rotatable bonds is 16. The SMILES string of the molecule is COC(=O)c1sc2cnc(SC)nc2c1-c1ccccc1OC(F)F.CSc1ncc(Cl)c(C(=O)c2ccccc2OC(F)F)n1.CSc1ncc(Cl)c(C(O)c2ccccc2OC(F)F)n1.O=C(O)c1[nH]c(=S)ncc1Cl. The number of carboxylic acids is 1. The molecule has 8 aromatic rings. The number of nitrogens with one attached hydrogen (secondary N) is 1. The fraction of sp³-hybridized carbons (Fsp3) is 0.170. The summed E-state index contributed by atoms with van der Waals surface area (Å²) in [6.07, 6.45) is 9.50. The second kappa shape index (κ2) is 30.1. The number of nitrogens with zero attached hydrogens (tertiary/aromatic N) is 7. The molecule has 3 N–H and O–H groups in total. The van der Waals surface area contributed by atoms with Gasteiger partial charge in [0.2, 0.25) is 5.78 Å². The Morgan fingerprint density at radius 2 is 1.18 bits per heavy atom. The summed E-state index contributed by atoms with van der Waals surface area (Å²) in [7, 11) is 1.26. The minimum absolute atomic E-state index is 0.0355. The molecule has 0 amide bonds. The zero-order chi connectivity index (χ0) is 57.2. The van der Waals surface area contributed by atoms with Gasteiger partial charge < -0.3 is 34.1 Å². The number of hydrogen-bond acceptors (Lipinski definition) is 20. The summed E-state index contributed by atoms with van der Waals surface area (Å²) in [6.45, 7) is -8.99. The minimum Gasteiger partial charge on any atom is -0.477 e. The third-order valence-electron chi connectivity index (χ3n) is 9.40. The van der Waals surface area contributed by atoms with Crippen LogP contribution in [0.25, 0.3) is 21.3 Å². The number of aliphatic hydroxyl groups excluding tert-OH is 1. The molecule has 0 radical (unpaired) electrons. The molecule has 0 saturated heterocycles. The Morgan fingerprint density at radius 1 is 0.667 bits per heavy atom. The van der Waals surface area contributed by atoms with Crippen molar-refractivity contribution in [3.05, 3.63) is 151 Å². The van der Waals surface area contributed by atoms with Gasteiger partial charge in [-0.15, -0.1) is 11.3 Å². The smallest absolute Gasteiger partial charge is 0.387 e. The van der Waals surface area contributed by atoms with E-state index in [1.54, 1.807) is 43.0 Å². The number of carboxylic acid groups (broad SMARTS) is 1. The minimum atomic E-state index is -3.03. The summed E-state index contributed by atoms with van der Waals surface area (Å²) in [5, 5.41) is 20.4. The highest BCUT2D eigenvalue weighted by atomic mass is 35.5. The third kappa shape index (κ3) is 17.1. The number of aromatic carboxylic acids is 1. The van der Waals surface area contributed by atoms with Crippen LogP contribution in [0.3, 0.4) is 0 Å². The van der Waals surface area contributed by atoms with Crippen molar-refractivity contribution in [2.45, 2.75) is 41.4 Å². The number of H-pyrrole nitrogens is 1. The molecule has 17 nitrogen and oxygen atoms in total. The maximum atomic E-state index is 12.8. The van der Waals surface area contributed by atoms with E-state index >= 15 is 0 Å². The molecule has 410 valence electrons. The van der Waals surface area contributed by atoms with Crippen LogP contribution in [0, 0.1) is 4.77 Å². The number of esters is 1. The molecule has 5 aromatic heterocycles. The van der Waals surface area contributed by atoms with Crippen molar-refractivity contribution in [3.8, 4) is 28.4 Å². The number of ether oxygens (including phenoxy) is 4. The van der Waals surface area contributed by atoms with Crippen LogP contribution in [0.4, 0.5) is 26.3 Å². The van der Waals surface area contributed by atoms with E-state index in [4.69, 9.17) is 44.6 Å². The molecule has 1 atom stereocenters. The van der Waals surface area contributed by atoms with E-state index in [1.165, 1.54) is 110 Å². The molecule has 0 spiro atoms. The highest BCUT2D eigenvalue weighted by Gasteiger charge is 2.26. The molecule has 0 aliphatic heterocycles. The first-order valence-electron chi connectivity index (χ1n) is 21.1. The standard InChI is InChI=1S/C16H12F2N2O3S2.C13H11ClF2N2O2S.C13H9ClF2N2O2S.C5H3ClN2O2S/c1-22-14(21)13-11(8-5-3-4-6-9(8)23-15(17)18)12-10(25-13)7-19-16(20-12)24-2;2*1-21-13-17-6-8(14)10(18-13)11(19)7-4-2-3-5-9(7)20-12(15)16;6-2-1-7-5(11)8-3(2)4(9)10/h3-7,15H,1-2H3;2-6,11-12,19H,1H3;2-6,12H,1H3;1H,(H,9,10)(H,7,8,11). The van der Waals surface area contributed by atoms with E-state index in [-0.39, 0.29) is 70.2 Å². The predicted octanol–water partition coefficient (Wildman–Crippen LogP) is 13.2. The summed E-state index contributed by atoms with van der Waals surface area (Å²) in [5.74, 6) is -2.71. The van der Waals surface area contributed by atoms with Crippen molar-refractivity contribution in [3.63, 3.8) is 0 Å².